The number of aryl methyl sites for hydroxylation is 1. The fraction of sp³-hybridized carbons (Fsp3) is 0.357. The Balaban J connectivity index is 1.76. The zero-order valence-electron chi connectivity index (χ0n) is 20.5. The van der Waals surface area contributed by atoms with Crippen LogP contribution in [0.3, 0.4) is 0 Å². The Kier molecular flexibility index (Phi) is 8.94. The number of hydrogen-bond acceptors (Lipinski definition) is 2. The lowest BCUT2D eigenvalue weighted by molar-refractivity contribution is -0.133. The van der Waals surface area contributed by atoms with Gasteiger partial charge in [0.15, 0.2) is 0 Å². The summed E-state index contributed by atoms with van der Waals surface area (Å²) >= 11 is 6.37. The highest BCUT2D eigenvalue weighted by molar-refractivity contribution is 6.31. The number of aromatic nitrogens is 1. The zero-order valence-corrected chi connectivity index (χ0v) is 21.3. The number of rotatable bonds is 10. The summed E-state index contributed by atoms with van der Waals surface area (Å²) in [7, 11) is 0. The first kappa shape index (κ1) is 25.6. The van der Waals surface area contributed by atoms with Crippen LogP contribution in [0.2, 0.25) is 5.02 Å². The van der Waals surface area contributed by atoms with Gasteiger partial charge in [-0.2, -0.15) is 0 Å². The molecule has 3 aromatic rings. The minimum absolute atomic E-state index is 0.0528. The molecule has 0 fully saturated rings. The van der Waals surface area contributed by atoms with Gasteiger partial charge in [0.05, 0.1) is 6.54 Å². The molecule has 1 aromatic heterocycles. The number of halogens is 1. The van der Waals surface area contributed by atoms with Crippen molar-refractivity contribution in [3.63, 3.8) is 0 Å². The van der Waals surface area contributed by atoms with E-state index in [-0.39, 0.29) is 18.4 Å². The van der Waals surface area contributed by atoms with Crippen LogP contribution in [0.15, 0.2) is 66.9 Å². The molecule has 2 amide bonds. The van der Waals surface area contributed by atoms with E-state index in [0.717, 1.165) is 21.8 Å². The molecule has 0 spiro atoms. The van der Waals surface area contributed by atoms with Crippen LogP contribution < -0.4 is 0 Å². The molecule has 6 heteroatoms. The Morgan fingerprint density at radius 3 is 2.35 bits per heavy atom. The van der Waals surface area contributed by atoms with E-state index in [9.17, 15) is 9.59 Å². The molecule has 5 nitrogen and oxygen atoms in total. The van der Waals surface area contributed by atoms with Gasteiger partial charge in [-0.05, 0) is 55.2 Å². The molecule has 0 bridgehead atoms. The number of benzene rings is 2. The largest absolute Gasteiger partial charge is 0.345 e. The third-order valence-electron chi connectivity index (χ3n) is 5.88. The van der Waals surface area contributed by atoms with E-state index in [2.05, 4.69) is 18.4 Å². The number of hydrogen-bond donors (Lipinski definition) is 0. The molecule has 2 aromatic carbocycles. The first-order valence-corrected chi connectivity index (χ1v) is 12.2. The lowest BCUT2D eigenvalue weighted by atomic mass is 10.1. The fourth-order valence-electron chi connectivity index (χ4n) is 4.02. The van der Waals surface area contributed by atoms with Crippen LogP contribution in [-0.2, 0) is 17.9 Å². The van der Waals surface area contributed by atoms with Crippen molar-refractivity contribution < 1.29 is 9.59 Å². The average Bonchev–Trinajstić information content (AvgIpc) is 3.24. The van der Waals surface area contributed by atoms with Gasteiger partial charge in [-0.3, -0.25) is 9.59 Å². The van der Waals surface area contributed by atoms with Crippen molar-refractivity contribution in [2.24, 2.45) is 5.92 Å². The van der Waals surface area contributed by atoms with Gasteiger partial charge in [0, 0.05) is 42.1 Å². The average molecular weight is 480 g/mol. The van der Waals surface area contributed by atoms with Crippen molar-refractivity contribution in [2.75, 3.05) is 19.6 Å². The van der Waals surface area contributed by atoms with Crippen LogP contribution in [-0.4, -0.2) is 45.8 Å². The molecule has 3 rings (SSSR count). The van der Waals surface area contributed by atoms with Crippen molar-refractivity contribution >= 4 is 23.4 Å². The van der Waals surface area contributed by atoms with Crippen molar-refractivity contribution in [3.05, 3.63) is 94.3 Å². The van der Waals surface area contributed by atoms with E-state index >= 15 is 0 Å². The maximum atomic E-state index is 13.4. The highest BCUT2D eigenvalue weighted by Crippen LogP contribution is 2.19. The lowest BCUT2D eigenvalue weighted by Crippen LogP contribution is -2.44. The number of carbonyl (C=O) groups excluding carboxylic acids is 2. The minimum Gasteiger partial charge on any atom is -0.345 e. The Hall–Kier alpha value is -3.05. The molecule has 0 atom stereocenters. The summed E-state index contributed by atoms with van der Waals surface area (Å²) in [6.45, 7) is 10.3. The summed E-state index contributed by atoms with van der Waals surface area (Å²) in [5.41, 5.74) is 3.61. The van der Waals surface area contributed by atoms with Crippen LogP contribution in [0, 0.1) is 12.8 Å². The lowest BCUT2D eigenvalue weighted by Gasteiger charge is -2.29. The van der Waals surface area contributed by atoms with Gasteiger partial charge in [-0.15, -0.1) is 0 Å². The summed E-state index contributed by atoms with van der Waals surface area (Å²) in [6, 6.07) is 19.3. The summed E-state index contributed by atoms with van der Waals surface area (Å²) in [4.78, 5) is 30.0. The maximum Gasteiger partial charge on any atom is 0.254 e. The molecule has 34 heavy (non-hydrogen) atoms. The second kappa shape index (κ2) is 11.9. The quantitative estimate of drug-likeness (QED) is 0.377. The molecule has 0 N–H and O–H groups in total. The van der Waals surface area contributed by atoms with E-state index in [0.29, 0.717) is 37.7 Å². The molecule has 0 aliphatic carbocycles. The third kappa shape index (κ3) is 6.51. The van der Waals surface area contributed by atoms with E-state index in [1.807, 2.05) is 85.6 Å². The van der Waals surface area contributed by atoms with Crippen LogP contribution >= 0.6 is 11.6 Å². The fourth-order valence-corrected chi connectivity index (χ4v) is 4.22. The summed E-state index contributed by atoms with van der Waals surface area (Å²) < 4.78 is 2.12. The molecule has 0 saturated carbocycles. The van der Waals surface area contributed by atoms with Crippen molar-refractivity contribution in [1.82, 2.24) is 14.4 Å². The van der Waals surface area contributed by atoms with Gasteiger partial charge in [-0.25, -0.2) is 0 Å². The monoisotopic (exact) mass is 479 g/mol. The van der Waals surface area contributed by atoms with Gasteiger partial charge in [0.1, 0.15) is 6.54 Å². The number of amides is 2. The highest BCUT2D eigenvalue weighted by atomic mass is 35.5. The number of likely N-dealkylation sites (N-methyl/N-ethyl adjacent to an activating group) is 1. The second-order valence-electron chi connectivity index (χ2n) is 9.02. The second-order valence-corrected chi connectivity index (χ2v) is 9.43. The van der Waals surface area contributed by atoms with E-state index in [1.165, 1.54) is 0 Å². The van der Waals surface area contributed by atoms with Gasteiger partial charge < -0.3 is 14.4 Å². The van der Waals surface area contributed by atoms with E-state index in [4.69, 9.17) is 11.6 Å². The Morgan fingerprint density at radius 1 is 0.971 bits per heavy atom. The van der Waals surface area contributed by atoms with Gasteiger partial charge in [0.2, 0.25) is 5.91 Å². The number of nitrogens with zero attached hydrogens (tertiary/aromatic N) is 3. The maximum absolute atomic E-state index is 13.4. The van der Waals surface area contributed by atoms with Crippen molar-refractivity contribution in [1.29, 1.82) is 0 Å². The summed E-state index contributed by atoms with van der Waals surface area (Å²) in [5, 5.41) is 0.727. The smallest absolute Gasteiger partial charge is 0.254 e. The van der Waals surface area contributed by atoms with Crippen LogP contribution in [0.4, 0.5) is 0 Å². The molecule has 180 valence electrons. The SMILES string of the molecule is CCN(CC(=O)N(Cc1cccn1Cc1ccccc1Cl)CC(C)C)C(=O)c1ccccc1C. The molecular formula is C28H34ClN3O2. The first-order chi connectivity index (χ1) is 16.3. The standard InChI is InChI=1S/C28H34ClN3O2/c1-5-30(28(34)25-14-8-6-11-22(25)4)20-27(33)32(17-21(2)3)19-24-13-10-16-31(24)18-23-12-7-9-15-26(23)29/h6-16,21H,5,17-20H2,1-4H3. The molecule has 0 unspecified atom stereocenters. The Labute approximate surface area is 207 Å². The van der Waals surface area contributed by atoms with Gasteiger partial charge in [0.25, 0.3) is 5.91 Å². The molecular weight excluding hydrogens is 446 g/mol. The van der Waals surface area contributed by atoms with E-state index < -0.39 is 0 Å². The molecule has 0 aliphatic rings. The molecule has 0 aliphatic heterocycles. The normalized spacial score (nSPS) is 11.0. The van der Waals surface area contributed by atoms with Crippen LogP contribution in [0.1, 0.15) is 48.0 Å². The zero-order chi connectivity index (χ0) is 24.7. The highest BCUT2D eigenvalue weighted by Gasteiger charge is 2.23. The predicted octanol–water partition coefficient (Wildman–Crippen LogP) is 5.65. The van der Waals surface area contributed by atoms with Crippen molar-refractivity contribution in [3.8, 4) is 0 Å². The number of carbonyl (C=O) groups is 2. The van der Waals surface area contributed by atoms with Crippen molar-refractivity contribution in [2.45, 2.75) is 40.8 Å². The van der Waals surface area contributed by atoms with Gasteiger partial charge in [-0.1, -0.05) is 61.8 Å². The Morgan fingerprint density at radius 2 is 1.68 bits per heavy atom. The minimum atomic E-state index is -0.111. The van der Waals surface area contributed by atoms with Gasteiger partial charge >= 0.3 is 0 Å². The molecule has 1 heterocycles. The van der Waals surface area contributed by atoms with Crippen LogP contribution in [0.5, 0.6) is 0 Å². The first-order valence-electron chi connectivity index (χ1n) is 11.8. The molecule has 0 saturated heterocycles. The topological polar surface area (TPSA) is 45.6 Å². The van der Waals surface area contributed by atoms with E-state index in [1.54, 1.807) is 4.90 Å². The molecule has 0 radical (unpaired) electrons. The predicted molar refractivity (Wildman–Crippen MR) is 138 cm³/mol. The summed E-state index contributed by atoms with van der Waals surface area (Å²) in [6.07, 6.45) is 2.01. The third-order valence-corrected chi connectivity index (χ3v) is 6.25. The van der Waals surface area contributed by atoms with Crippen LogP contribution in [0.25, 0.3) is 0 Å². The summed E-state index contributed by atoms with van der Waals surface area (Å²) in [5.74, 6) is 0.140. The Bertz CT molecular complexity index is 1120.